The third-order valence-electron chi connectivity index (χ3n) is 4.31. The van der Waals surface area contributed by atoms with Crippen LogP contribution in [0.3, 0.4) is 0 Å². The largest absolute Gasteiger partial charge is 0.489 e. The molecule has 2 heterocycles. The Morgan fingerprint density at radius 2 is 2.16 bits per heavy atom. The highest BCUT2D eigenvalue weighted by Crippen LogP contribution is 2.30. The molecule has 140 valence electrons. The van der Waals surface area contributed by atoms with Crippen LogP contribution in [0.15, 0.2) is 18.2 Å². The number of rotatable bonds is 6. The van der Waals surface area contributed by atoms with E-state index >= 15 is 0 Å². The van der Waals surface area contributed by atoms with Crippen molar-refractivity contribution in [1.82, 2.24) is 0 Å². The van der Waals surface area contributed by atoms with Gasteiger partial charge in [-0.25, -0.2) is 0 Å². The second-order valence-corrected chi connectivity index (χ2v) is 6.57. The Hall–Kier alpha value is -1.05. The lowest BCUT2D eigenvalue weighted by Gasteiger charge is -2.17. The molecule has 0 spiro atoms. The molecule has 25 heavy (non-hydrogen) atoms. The molecule has 0 bridgehead atoms. The van der Waals surface area contributed by atoms with E-state index in [2.05, 4.69) is 5.32 Å². The second-order valence-electron chi connectivity index (χ2n) is 6.14. The third-order valence-corrected chi connectivity index (χ3v) is 4.55. The number of ether oxygens (including phenoxy) is 3. The van der Waals surface area contributed by atoms with Gasteiger partial charge in [0.15, 0.2) is 0 Å². The average molecular weight is 391 g/mol. The van der Waals surface area contributed by atoms with Crippen LogP contribution >= 0.6 is 24.0 Å². The van der Waals surface area contributed by atoms with Crippen molar-refractivity contribution in [2.45, 2.75) is 44.0 Å². The van der Waals surface area contributed by atoms with Crippen LogP contribution in [0.4, 0.5) is 5.69 Å². The Morgan fingerprint density at radius 1 is 1.32 bits per heavy atom. The molecule has 0 aromatic heterocycles. The molecule has 0 radical (unpaired) electrons. The van der Waals surface area contributed by atoms with Gasteiger partial charge in [0.1, 0.15) is 18.5 Å². The molecular formula is C17H24Cl2N2O4. The average Bonchev–Trinajstić information content (AvgIpc) is 3.25. The van der Waals surface area contributed by atoms with Gasteiger partial charge in [0.2, 0.25) is 0 Å². The van der Waals surface area contributed by atoms with E-state index in [4.69, 9.17) is 31.5 Å². The van der Waals surface area contributed by atoms with Crippen molar-refractivity contribution in [3.63, 3.8) is 0 Å². The molecule has 1 unspecified atom stereocenters. The Bertz CT molecular complexity index is 582. The summed E-state index contributed by atoms with van der Waals surface area (Å²) in [6.45, 7) is 1.66. The van der Waals surface area contributed by atoms with E-state index in [0.717, 1.165) is 25.9 Å². The predicted molar refractivity (Wildman–Crippen MR) is 98.7 cm³/mol. The molecule has 8 heteroatoms. The van der Waals surface area contributed by atoms with E-state index in [1.165, 1.54) is 0 Å². The third kappa shape index (κ3) is 5.46. The standard InChI is InChI=1S/C17H23ClN2O4.ClH/c18-11-3-5-15(23-10-13-2-1-7-22-13)14(8-11)20-17(21)16-6-4-12(9-19)24-16;/h3,5,8,12-13,16H,1-2,4,6-7,9-10,19H2,(H,20,21);1H/t12-,13?,16+;/m1./s1. The Balaban J connectivity index is 0.00000225. The van der Waals surface area contributed by atoms with Crippen LogP contribution in [0.5, 0.6) is 5.75 Å². The van der Waals surface area contributed by atoms with Crippen LogP contribution in [-0.2, 0) is 14.3 Å². The minimum absolute atomic E-state index is 0. The van der Waals surface area contributed by atoms with Gasteiger partial charge in [-0.15, -0.1) is 12.4 Å². The fraction of sp³-hybridized carbons (Fsp3) is 0.588. The number of amides is 1. The number of halogens is 2. The second kappa shape index (κ2) is 9.59. The number of benzene rings is 1. The molecule has 3 N–H and O–H groups in total. The first kappa shape index (κ1) is 20.3. The van der Waals surface area contributed by atoms with Crippen molar-refractivity contribution in [1.29, 1.82) is 0 Å². The van der Waals surface area contributed by atoms with Gasteiger partial charge in [-0.2, -0.15) is 0 Å². The zero-order valence-electron chi connectivity index (χ0n) is 13.9. The SMILES string of the molecule is Cl.NC[C@H]1CC[C@@H](C(=O)Nc2cc(Cl)ccc2OCC2CCCO2)O1. The molecule has 6 nitrogen and oxygen atoms in total. The monoisotopic (exact) mass is 390 g/mol. The molecule has 1 aromatic rings. The van der Waals surface area contributed by atoms with Crippen molar-refractivity contribution in [2.75, 3.05) is 25.1 Å². The maximum atomic E-state index is 12.4. The van der Waals surface area contributed by atoms with Crippen LogP contribution in [0, 0.1) is 0 Å². The Labute approximate surface area is 158 Å². The summed E-state index contributed by atoms with van der Waals surface area (Å²) in [5, 5.41) is 3.39. The highest BCUT2D eigenvalue weighted by atomic mass is 35.5. The van der Waals surface area contributed by atoms with Crippen molar-refractivity contribution in [3.8, 4) is 5.75 Å². The first-order valence-electron chi connectivity index (χ1n) is 8.36. The van der Waals surface area contributed by atoms with E-state index in [1.54, 1.807) is 18.2 Å². The minimum Gasteiger partial charge on any atom is -0.489 e. The first-order valence-corrected chi connectivity index (χ1v) is 8.74. The number of nitrogens with one attached hydrogen (secondary N) is 1. The van der Waals surface area contributed by atoms with E-state index in [0.29, 0.717) is 36.0 Å². The zero-order valence-corrected chi connectivity index (χ0v) is 15.5. The molecule has 1 amide bonds. The molecule has 2 fully saturated rings. The fourth-order valence-corrected chi connectivity index (χ4v) is 3.14. The summed E-state index contributed by atoms with van der Waals surface area (Å²) >= 11 is 6.05. The summed E-state index contributed by atoms with van der Waals surface area (Å²) in [5.74, 6) is 0.381. The van der Waals surface area contributed by atoms with Crippen LogP contribution < -0.4 is 15.8 Å². The molecule has 2 aliphatic rings. The summed E-state index contributed by atoms with van der Waals surface area (Å²) in [7, 11) is 0. The van der Waals surface area contributed by atoms with Gasteiger partial charge in [-0.1, -0.05) is 11.6 Å². The highest BCUT2D eigenvalue weighted by molar-refractivity contribution is 6.31. The molecule has 3 rings (SSSR count). The summed E-state index contributed by atoms with van der Waals surface area (Å²) in [4.78, 5) is 12.4. The number of hydrogen-bond donors (Lipinski definition) is 2. The quantitative estimate of drug-likeness (QED) is 0.779. The summed E-state index contributed by atoms with van der Waals surface area (Å²) in [6, 6.07) is 5.17. The first-order chi connectivity index (χ1) is 11.7. The number of anilines is 1. The number of nitrogens with two attached hydrogens (primary N) is 1. The Morgan fingerprint density at radius 3 is 2.84 bits per heavy atom. The highest BCUT2D eigenvalue weighted by Gasteiger charge is 2.30. The molecule has 0 aliphatic carbocycles. The topological polar surface area (TPSA) is 82.8 Å². The van der Waals surface area contributed by atoms with Crippen LogP contribution in [-0.4, -0.2) is 44.0 Å². The van der Waals surface area contributed by atoms with Crippen LogP contribution in [0.2, 0.25) is 5.02 Å². The molecule has 2 aliphatic heterocycles. The molecule has 3 atom stereocenters. The van der Waals surface area contributed by atoms with Crippen LogP contribution in [0.25, 0.3) is 0 Å². The molecule has 2 saturated heterocycles. The molecule has 0 saturated carbocycles. The number of carbonyl (C=O) groups is 1. The van der Waals surface area contributed by atoms with Gasteiger partial charge >= 0.3 is 0 Å². The van der Waals surface area contributed by atoms with E-state index in [1.807, 2.05) is 0 Å². The van der Waals surface area contributed by atoms with Gasteiger partial charge in [-0.05, 0) is 43.9 Å². The molecular weight excluding hydrogens is 367 g/mol. The van der Waals surface area contributed by atoms with E-state index in [9.17, 15) is 4.79 Å². The van der Waals surface area contributed by atoms with Gasteiger partial charge in [0.25, 0.3) is 5.91 Å². The van der Waals surface area contributed by atoms with Gasteiger partial charge in [0.05, 0.1) is 17.9 Å². The van der Waals surface area contributed by atoms with Gasteiger partial charge in [-0.3, -0.25) is 4.79 Å². The smallest absolute Gasteiger partial charge is 0.253 e. The summed E-state index contributed by atoms with van der Waals surface area (Å²) in [6.07, 6.45) is 3.09. The fourth-order valence-electron chi connectivity index (χ4n) is 2.97. The van der Waals surface area contributed by atoms with E-state index in [-0.39, 0.29) is 30.5 Å². The van der Waals surface area contributed by atoms with Crippen molar-refractivity contribution in [3.05, 3.63) is 23.2 Å². The van der Waals surface area contributed by atoms with Gasteiger partial charge in [0, 0.05) is 18.2 Å². The van der Waals surface area contributed by atoms with Crippen molar-refractivity contribution < 1.29 is 19.0 Å². The normalized spacial score (nSPS) is 25.4. The van der Waals surface area contributed by atoms with Crippen molar-refractivity contribution in [2.24, 2.45) is 5.73 Å². The van der Waals surface area contributed by atoms with Gasteiger partial charge < -0.3 is 25.3 Å². The molecule has 1 aromatic carbocycles. The zero-order chi connectivity index (χ0) is 16.9. The van der Waals surface area contributed by atoms with E-state index < -0.39 is 6.10 Å². The maximum Gasteiger partial charge on any atom is 0.253 e. The maximum absolute atomic E-state index is 12.4. The van der Waals surface area contributed by atoms with Crippen molar-refractivity contribution >= 4 is 35.6 Å². The number of hydrogen-bond acceptors (Lipinski definition) is 5. The lowest BCUT2D eigenvalue weighted by Crippen LogP contribution is -2.30. The summed E-state index contributed by atoms with van der Waals surface area (Å²) < 4.78 is 17.0. The summed E-state index contributed by atoms with van der Waals surface area (Å²) in [5.41, 5.74) is 6.13. The lowest BCUT2D eigenvalue weighted by molar-refractivity contribution is -0.126. The van der Waals surface area contributed by atoms with Crippen LogP contribution in [0.1, 0.15) is 25.7 Å². The number of carbonyl (C=O) groups excluding carboxylic acids is 1. The lowest BCUT2D eigenvalue weighted by atomic mass is 10.2. The minimum atomic E-state index is -0.483. The predicted octanol–water partition coefficient (Wildman–Crippen LogP) is 2.76. The Kier molecular flexibility index (Phi) is 7.78.